The molecule has 0 aliphatic carbocycles. The van der Waals surface area contributed by atoms with Gasteiger partial charge in [0, 0.05) is 11.4 Å². The van der Waals surface area contributed by atoms with Crippen LogP contribution in [0.3, 0.4) is 0 Å². The normalized spacial score (nSPS) is 13.9. The zero-order valence-electron chi connectivity index (χ0n) is 9.66. The van der Waals surface area contributed by atoms with E-state index in [-0.39, 0.29) is 6.04 Å². The second kappa shape index (κ2) is 6.65. The van der Waals surface area contributed by atoms with Crippen molar-refractivity contribution in [3.05, 3.63) is 15.4 Å². The van der Waals surface area contributed by atoms with Crippen molar-refractivity contribution in [3.63, 3.8) is 0 Å². The van der Waals surface area contributed by atoms with Gasteiger partial charge in [0.2, 0.25) is 10.0 Å². The Hall–Kier alpha value is 0.570. The van der Waals surface area contributed by atoms with E-state index in [1.165, 1.54) is 11.3 Å². The minimum Gasteiger partial charge on any atom is -0.207 e. The minimum atomic E-state index is -3.38. The van der Waals surface area contributed by atoms with Crippen molar-refractivity contribution >= 4 is 53.2 Å². The van der Waals surface area contributed by atoms with Crippen molar-refractivity contribution in [2.24, 2.45) is 0 Å². The molecule has 0 aliphatic heterocycles. The lowest BCUT2D eigenvalue weighted by atomic mass is 10.2. The van der Waals surface area contributed by atoms with Gasteiger partial charge in [-0.05, 0) is 47.3 Å². The molecule has 98 valence electrons. The molecular formula is C10H15Br2NO2S2. The average Bonchev–Trinajstić information content (AvgIpc) is 2.59. The minimum absolute atomic E-state index is 0.0134. The fourth-order valence-corrected chi connectivity index (χ4v) is 5.47. The maximum absolute atomic E-state index is 12.1. The third-order valence-electron chi connectivity index (χ3n) is 2.37. The third kappa shape index (κ3) is 4.31. The zero-order chi connectivity index (χ0) is 13.1. The van der Waals surface area contributed by atoms with Gasteiger partial charge in [-0.25, -0.2) is 13.1 Å². The van der Waals surface area contributed by atoms with Gasteiger partial charge in [-0.3, -0.25) is 0 Å². The van der Waals surface area contributed by atoms with Crippen LogP contribution in [0.2, 0.25) is 0 Å². The van der Waals surface area contributed by atoms with E-state index in [0.29, 0.717) is 4.21 Å². The van der Waals surface area contributed by atoms with E-state index in [9.17, 15) is 8.42 Å². The highest BCUT2D eigenvalue weighted by atomic mass is 79.9. The summed E-state index contributed by atoms with van der Waals surface area (Å²) in [7, 11) is -3.38. The predicted octanol–water partition coefficient (Wildman–Crippen LogP) is 3.66. The highest BCUT2D eigenvalue weighted by Gasteiger charge is 2.21. The zero-order valence-corrected chi connectivity index (χ0v) is 14.5. The molecule has 1 rings (SSSR count). The van der Waals surface area contributed by atoms with E-state index in [1.807, 2.05) is 13.8 Å². The van der Waals surface area contributed by atoms with Crippen LogP contribution in [0.25, 0.3) is 0 Å². The second-order valence-electron chi connectivity index (χ2n) is 3.73. The molecule has 1 aromatic heterocycles. The molecule has 0 aromatic carbocycles. The van der Waals surface area contributed by atoms with Gasteiger partial charge in [-0.15, -0.1) is 11.3 Å². The second-order valence-corrected chi connectivity index (χ2v) is 8.83. The number of alkyl halides is 1. The summed E-state index contributed by atoms with van der Waals surface area (Å²) in [4.78, 5) is 0. The van der Waals surface area contributed by atoms with Gasteiger partial charge in [-0.1, -0.05) is 22.9 Å². The summed E-state index contributed by atoms with van der Waals surface area (Å²) in [6.07, 6.45) is 1.58. The van der Waals surface area contributed by atoms with Crippen LogP contribution in [-0.4, -0.2) is 19.8 Å². The van der Waals surface area contributed by atoms with E-state index in [2.05, 4.69) is 36.6 Å². The lowest BCUT2D eigenvalue weighted by Gasteiger charge is -2.14. The molecule has 0 fully saturated rings. The Bertz CT molecular complexity index is 451. The SMILES string of the molecule is CCC(CCBr)NS(=O)(=O)c1cc(C)c(Br)s1. The lowest BCUT2D eigenvalue weighted by molar-refractivity contribution is 0.534. The van der Waals surface area contributed by atoms with Crippen molar-refractivity contribution in [2.75, 3.05) is 5.33 Å². The van der Waals surface area contributed by atoms with E-state index in [1.54, 1.807) is 6.07 Å². The number of halogens is 2. The smallest absolute Gasteiger partial charge is 0.207 e. The Morgan fingerprint density at radius 1 is 1.53 bits per heavy atom. The van der Waals surface area contributed by atoms with Crippen molar-refractivity contribution in [1.29, 1.82) is 0 Å². The van der Waals surface area contributed by atoms with Gasteiger partial charge in [0.1, 0.15) is 4.21 Å². The van der Waals surface area contributed by atoms with Gasteiger partial charge >= 0.3 is 0 Å². The molecule has 1 unspecified atom stereocenters. The fourth-order valence-electron chi connectivity index (χ4n) is 1.32. The lowest BCUT2D eigenvalue weighted by Crippen LogP contribution is -2.34. The molecule has 0 saturated heterocycles. The molecule has 0 aliphatic rings. The Morgan fingerprint density at radius 3 is 2.59 bits per heavy atom. The van der Waals surface area contributed by atoms with Crippen LogP contribution in [0, 0.1) is 6.92 Å². The summed E-state index contributed by atoms with van der Waals surface area (Å²) >= 11 is 7.92. The maximum Gasteiger partial charge on any atom is 0.250 e. The average molecular weight is 405 g/mol. The number of hydrogen-bond donors (Lipinski definition) is 1. The molecule has 3 nitrogen and oxygen atoms in total. The Balaban J connectivity index is 2.88. The number of sulfonamides is 1. The highest BCUT2D eigenvalue weighted by molar-refractivity contribution is 9.11. The van der Waals surface area contributed by atoms with Crippen molar-refractivity contribution in [1.82, 2.24) is 4.72 Å². The first-order valence-electron chi connectivity index (χ1n) is 5.25. The molecule has 17 heavy (non-hydrogen) atoms. The first-order valence-corrected chi connectivity index (χ1v) is 9.46. The fraction of sp³-hybridized carbons (Fsp3) is 0.600. The van der Waals surface area contributed by atoms with Crippen molar-refractivity contribution in [2.45, 2.75) is 36.9 Å². The molecule has 0 amide bonds. The molecular weight excluding hydrogens is 390 g/mol. The van der Waals surface area contributed by atoms with Crippen molar-refractivity contribution < 1.29 is 8.42 Å². The molecule has 7 heteroatoms. The predicted molar refractivity (Wildman–Crippen MR) is 79.6 cm³/mol. The Labute approximate surface area is 123 Å². The summed E-state index contributed by atoms with van der Waals surface area (Å²) in [5.74, 6) is 0. The largest absolute Gasteiger partial charge is 0.250 e. The molecule has 0 radical (unpaired) electrons. The molecule has 0 spiro atoms. The summed E-state index contributed by atoms with van der Waals surface area (Å²) < 4.78 is 28.2. The molecule has 1 aromatic rings. The number of hydrogen-bond acceptors (Lipinski definition) is 3. The molecule has 1 heterocycles. The van der Waals surface area contributed by atoms with Crippen molar-refractivity contribution in [3.8, 4) is 0 Å². The van der Waals surface area contributed by atoms with Crippen LogP contribution in [0.1, 0.15) is 25.3 Å². The summed E-state index contributed by atoms with van der Waals surface area (Å²) in [5.41, 5.74) is 0.948. The van der Waals surface area contributed by atoms with E-state index in [4.69, 9.17) is 0 Å². The van der Waals surface area contributed by atoms with Crippen LogP contribution in [0.15, 0.2) is 14.1 Å². The topological polar surface area (TPSA) is 46.2 Å². The number of rotatable bonds is 6. The Kier molecular flexibility index (Phi) is 6.12. The molecule has 1 atom stereocenters. The molecule has 0 saturated carbocycles. The summed E-state index contributed by atoms with van der Waals surface area (Å²) in [6, 6.07) is 1.68. The van der Waals surface area contributed by atoms with E-state index >= 15 is 0 Å². The van der Waals surface area contributed by atoms with Crippen LogP contribution < -0.4 is 4.72 Å². The van der Waals surface area contributed by atoms with Crippen LogP contribution in [0.5, 0.6) is 0 Å². The highest BCUT2D eigenvalue weighted by Crippen LogP contribution is 2.30. The number of thiophene rings is 1. The quantitative estimate of drug-likeness (QED) is 0.735. The van der Waals surface area contributed by atoms with Gasteiger partial charge in [0.15, 0.2) is 0 Å². The van der Waals surface area contributed by atoms with Gasteiger partial charge in [0.25, 0.3) is 0 Å². The first kappa shape index (κ1) is 15.6. The standard InChI is InChI=1S/C10H15Br2NO2S2/c1-3-8(4-5-11)13-17(14,15)9-6-7(2)10(12)16-9/h6,8,13H,3-5H2,1-2H3. The number of nitrogens with one attached hydrogen (secondary N) is 1. The van der Waals surface area contributed by atoms with Crippen LogP contribution in [-0.2, 0) is 10.0 Å². The third-order valence-corrected chi connectivity index (χ3v) is 6.96. The van der Waals surface area contributed by atoms with Crippen LogP contribution in [0.4, 0.5) is 0 Å². The summed E-state index contributed by atoms with van der Waals surface area (Å²) in [5, 5.41) is 0.793. The first-order chi connectivity index (χ1) is 7.90. The number of aryl methyl sites for hydroxylation is 1. The van der Waals surface area contributed by atoms with Gasteiger partial charge < -0.3 is 0 Å². The maximum atomic E-state index is 12.1. The monoisotopic (exact) mass is 403 g/mol. The Morgan fingerprint density at radius 2 is 2.18 bits per heavy atom. The van der Waals surface area contributed by atoms with E-state index < -0.39 is 10.0 Å². The van der Waals surface area contributed by atoms with Crippen LogP contribution >= 0.6 is 43.2 Å². The summed E-state index contributed by atoms with van der Waals surface area (Å²) in [6.45, 7) is 3.86. The molecule has 1 N–H and O–H groups in total. The van der Waals surface area contributed by atoms with Gasteiger partial charge in [0.05, 0.1) is 3.79 Å². The molecule has 0 bridgehead atoms. The van der Waals surface area contributed by atoms with E-state index in [0.717, 1.165) is 27.5 Å². The van der Waals surface area contributed by atoms with Gasteiger partial charge in [-0.2, -0.15) is 0 Å².